The standard InChI is InChI=1S/C14H21N3O4S/c1-3-10-9-17(7-6-16-10)14(18)12-8-11(22(15,19)20)4-5-13(12)21-2/h4-5,8,10,16H,3,6-7,9H2,1-2H3,(H2,15,19,20). The molecule has 0 saturated carbocycles. The summed E-state index contributed by atoms with van der Waals surface area (Å²) < 4.78 is 28.1. The minimum absolute atomic E-state index is 0.0983. The maximum Gasteiger partial charge on any atom is 0.257 e. The van der Waals surface area contributed by atoms with Crippen LogP contribution in [0.5, 0.6) is 5.75 Å². The number of sulfonamides is 1. The number of carbonyl (C=O) groups is 1. The highest BCUT2D eigenvalue weighted by Gasteiger charge is 2.26. The minimum atomic E-state index is -3.87. The maximum absolute atomic E-state index is 12.7. The van der Waals surface area contributed by atoms with Crippen LogP contribution in [0.25, 0.3) is 0 Å². The molecule has 1 saturated heterocycles. The van der Waals surface area contributed by atoms with Gasteiger partial charge in [0.1, 0.15) is 5.75 Å². The average molecular weight is 327 g/mol. The minimum Gasteiger partial charge on any atom is -0.496 e. The lowest BCUT2D eigenvalue weighted by molar-refractivity contribution is 0.0698. The van der Waals surface area contributed by atoms with Gasteiger partial charge in [0.05, 0.1) is 17.6 Å². The maximum atomic E-state index is 12.7. The van der Waals surface area contributed by atoms with Crippen molar-refractivity contribution in [3.8, 4) is 5.75 Å². The molecule has 0 radical (unpaired) electrons. The Morgan fingerprint density at radius 2 is 2.23 bits per heavy atom. The van der Waals surface area contributed by atoms with Gasteiger partial charge in [0.15, 0.2) is 0 Å². The third-order valence-electron chi connectivity index (χ3n) is 3.77. The zero-order valence-corrected chi connectivity index (χ0v) is 13.5. The predicted molar refractivity (Wildman–Crippen MR) is 82.4 cm³/mol. The van der Waals surface area contributed by atoms with Crippen molar-refractivity contribution < 1.29 is 17.9 Å². The Labute approximate surface area is 130 Å². The van der Waals surface area contributed by atoms with Crippen molar-refractivity contribution >= 4 is 15.9 Å². The number of rotatable bonds is 4. The highest BCUT2D eigenvalue weighted by atomic mass is 32.2. The largest absolute Gasteiger partial charge is 0.496 e. The first-order valence-electron chi connectivity index (χ1n) is 7.10. The summed E-state index contributed by atoms with van der Waals surface area (Å²) in [7, 11) is -2.43. The van der Waals surface area contributed by atoms with Crippen molar-refractivity contribution in [2.75, 3.05) is 26.7 Å². The number of primary sulfonamides is 1. The monoisotopic (exact) mass is 327 g/mol. The van der Waals surface area contributed by atoms with E-state index < -0.39 is 10.0 Å². The van der Waals surface area contributed by atoms with E-state index in [-0.39, 0.29) is 22.4 Å². The number of amides is 1. The van der Waals surface area contributed by atoms with Crippen LogP contribution in [-0.2, 0) is 10.0 Å². The molecular formula is C14H21N3O4S. The fourth-order valence-corrected chi connectivity index (χ4v) is 3.02. The van der Waals surface area contributed by atoms with E-state index in [4.69, 9.17) is 9.88 Å². The first-order chi connectivity index (χ1) is 10.4. The van der Waals surface area contributed by atoms with Gasteiger partial charge in [0.25, 0.3) is 5.91 Å². The molecule has 1 atom stereocenters. The van der Waals surface area contributed by atoms with Gasteiger partial charge in [-0.05, 0) is 24.6 Å². The van der Waals surface area contributed by atoms with E-state index in [1.54, 1.807) is 4.90 Å². The van der Waals surface area contributed by atoms with Gasteiger partial charge < -0.3 is 15.0 Å². The van der Waals surface area contributed by atoms with Crippen LogP contribution in [0.15, 0.2) is 23.1 Å². The summed E-state index contributed by atoms with van der Waals surface area (Å²) in [6.45, 7) is 3.91. The molecule has 7 nitrogen and oxygen atoms in total. The Bertz CT molecular complexity index is 660. The number of nitrogens with one attached hydrogen (secondary N) is 1. The first kappa shape index (κ1) is 16.7. The molecule has 0 aliphatic carbocycles. The molecule has 1 fully saturated rings. The fraction of sp³-hybridized carbons (Fsp3) is 0.500. The smallest absolute Gasteiger partial charge is 0.257 e. The normalized spacial score (nSPS) is 19.0. The molecule has 22 heavy (non-hydrogen) atoms. The van der Waals surface area contributed by atoms with Crippen molar-refractivity contribution in [3.63, 3.8) is 0 Å². The molecule has 1 aromatic carbocycles. The molecule has 0 aromatic heterocycles. The van der Waals surface area contributed by atoms with Gasteiger partial charge in [-0.1, -0.05) is 6.92 Å². The van der Waals surface area contributed by atoms with Crippen LogP contribution < -0.4 is 15.2 Å². The molecule has 122 valence electrons. The summed E-state index contributed by atoms with van der Waals surface area (Å²) in [5.74, 6) is 0.0891. The fourth-order valence-electron chi connectivity index (χ4n) is 2.48. The van der Waals surface area contributed by atoms with E-state index in [0.29, 0.717) is 25.4 Å². The van der Waals surface area contributed by atoms with Crippen LogP contribution in [0.2, 0.25) is 0 Å². The van der Waals surface area contributed by atoms with E-state index in [0.717, 1.165) is 6.42 Å². The van der Waals surface area contributed by atoms with E-state index in [2.05, 4.69) is 5.32 Å². The van der Waals surface area contributed by atoms with E-state index >= 15 is 0 Å². The van der Waals surface area contributed by atoms with Gasteiger partial charge in [-0.15, -0.1) is 0 Å². The number of nitrogens with zero attached hydrogens (tertiary/aromatic N) is 1. The predicted octanol–water partition coefficient (Wildman–Crippen LogP) is 0.167. The Balaban J connectivity index is 2.35. The lowest BCUT2D eigenvalue weighted by atomic mass is 10.1. The van der Waals surface area contributed by atoms with Crippen LogP contribution in [0.4, 0.5) is 0 Å². The van der Waals surface area contributed by atoms with Crippen LogP contribution in [0.3, 0.4) is 0 Å². The van der Waals surface area contributed by atoms with Gasteiger partial charge in [-0.25, -0.2) is 13.6 Å². The highest BCUT2D eigenvalue weighted by molar-refractivity contribution is 7.89. The SMILES string of the molecule is CCC1CN(C(=O)c2cc(S(N)(=O)=O)ccc2OC)CCN1. The van der Waals surface area contributed by atoms with Crippen molar-refractivity contribution in [2.45, 2.75) is 24.3 Å². The molecule has 1 aliphatic heterocycles. The van der Waals surface area contributed by atoms with Crippen LogP contribution >= 0.6 is 0 Å². The van der Waals surface area contributed by atoms with Crippen molar-refractivity contribution in [1.82, 2.24) is 10.2 Å². The summed E-state index contributed by atoms with van der Waals surface area (Å²) in [5.41, 5.74) is 0.214. The third-order valence-corrected chi connectivity index (χ3v) is 4.68. The van der Waals surface area contributed by atoms with E-state index in [1.165, 1.54) is 25.3 Å². The van der Waals surface area contributed by atoms with Gasteiger partial charge in [-0.3, -0.25) is 4.79 Å². The van der Waals surface area contributed by atoms with Crippen LogP contribution in [0.1, 0.15) is 23.7 Å². The number of benzene rings is 1. The molecule has 1 unspecified atom stereocenters. The summed E-state index contributed by atoms with van der Waals surface area (Å²) >= 11 is 0. The third kappa shape index (κ3) is 3.57. The topological polar surface area (TPSA) is 102 Å². The molecule has 1 aliphatic rings. The van der Waals surface area contributed by atoms with Crippen LogP contribution in [-0.4, -0.2) is 52.0 Å². The van der Waals surface area contributed by atoms with Gasteiger partial charge in [-0.2, -0.15) is 0 Å². The Hall–Kier alpha value is -1.64. The Morgan fingerprint density at radius 3 is 2.82 bits per heavy atom. The molecule has 1 heterocycles. The lowest BCUT2D eigenvalue weighted by Crippen LogP contribution is -2.52. The van der Waals surface area contributed by atoms with Crippen molar-refractivity contribution in [3.05, 3.63) is 23.8 Å². The second kappa shape index (κ2) is 6.64. The lowest BCUT2D eigenvalue weighted by Gasteiger charge is -2.33. The Morgan fingerprint density at radius 1 is 1.50 bits per heavy atom. The molecule has 0 spiro atoms. The molecule has 1 amide bonds. The first-order valence-corrected chi connectivity index (χ1v) is 8.65. The number of carbonyl (C=O) groups excluding carboxylic acids is 1. The van der Waals surface area contributed by atoms with Crippen LogP contribution in [0, 0.1) is 0 Å². The molecular weight excluding hydrogens is 306 g/mol. The second-order valence-electron chi connectivity index (χ2n) is 5.22. The average Bonchev–Trinajstić information content (AvgIpc) is 2.52. The molecule has 8 heteroatoms. The number of methoxy groups -OCH3 is 1. The molecule has 0 bridgehead atoms. The number of hydrogen-bond acceptors (Lipinski definition) is 5. The summed E-state index contributed by atoms with van der Waals surface area (Å²) in [5, 5.41) is 8.46. The number of nitrogens with two attached hydrogens (primary N) is 1. The highest BCUT2D eigenvalue weighted by Crippen LogP contribution is 2.24. The van der Waals surface area contributed by atoms with E-state index in [9.17, 15) is 13.2 Å². The quantitative estimate of drug-likeness (QED) is 0.820. The van der Waals surface area contributed by atoms with Crippen molar-refractivity contribution in [1.29, 1.82) is 0 Å². The molecule has 3 N–H and O–H groups in total. The van der Waals surface area contributed by atoms with Gasteiger partial charge >= 0.3 is 0 Å². The number of ether oxygens (including phenoxy) is 1. The Kier molecular flexibility index (Phi) is 5.05. The summed E-state index contributed by atoms with van der Waals surface area (Å²) in [6, 6.07) is 4.30. The van der Waals surface area contributed by atoms with E-state index in [1.807, 2.05) is 6.92 Å². The number of piperazine rings is 1. The zero-order valence-electron chi connectivity index (χ0n) is 12.7. The summed E-state index contributed by atoms with van der Waals surface area (Å²) in [4.78, 5) is 14.3. The zero-order chi connectivity index (χ0) is 16.3. The number of hydrogen-bond donors (Lipinski definition) is 2. The van der Waals surface area contributed by atoms with Crippen molar-refractivity contribution in [2.24, 2.45) is 5.14 Å². The summed E-state index contributed by atoms with van der Waals surface area (Å²) in [6.07, 6.45) is 0.915. The van der Waals surface area contributed by atoms with Gasteiger partial charge in [0, 0.05) is 25.7 Å². The molecule has 1 aromatic rings. The van der Waals surface area contributed by atoms with Gasteiger partial charge in [0.2, 0.25) is 10.0 Å². The second-order valence-corrected chi connectivity index (χ2v) is 6.78. The molecule has 2 rings (SSSR count).